The molecule has 0 aliphatic carbocycles. The van der Waals surface area contributed by atoms with Gasteiger partial charge in [-0.3, -0.25) is 9.35 Å². The molecule has 0 radical (unpaired) electrons. The number of carbonyl (C=O) groups excluding carboxylic acids is 1. The molecular formula is C22H30N2O4S. The minimum absolute atomic E-state index is 0.125. The zero-order valence-corrected chi connectivity index (χ0v) is 17.8. The van der Waals surface area contributed by atoms with Crippen LogP contribution in [0, 0.1) is 5.92 Å². The quantitative estimate of drug-likeness (QED) is 0.488. The third-order valence-corrected chi connectivity index (χ3v) is 5.86. The maximum absolute atomic E-state index is 12.1. The Hall–Kier alpha value is -2.22. The fourth-order valence-electron chi connectivity index (χ4n) is 3.68. The third-order valence-electron chi connectivity index (χ3n) is 5.01. The standard InChI is InChI=1S/C22H30N2O4S/c1-3-24-21(14-13-18-11-7-8-12-20(18)22(25)23-2)19(16-29(26,27)28)15-17-9-5-4-6-10-17/h4-12,19,21,24H,3,13-16H2,1-2H3,(H,23,25)(H,26,27,28). The summed E-state index contributed by atoms with van der Waals surface area (Å²) in [7, 11) is -2.52. The molecule has 1 amide bonds. The molecule has 2 aromatic rings. The molecule has 7 heteroatoms. The first-order chi connectivity index (χ1) is 13.8. The van der Waals surface area contributed by atoms with Gasteiger partial charge in [-0.1, -0.05) is 55.5 Å². The Kier molecular flexibility index (Phi) is 8.82. The van der Waals surface area contributed by atoms with Crippen molar-refractivity contribution < 1.29 is 17.8 Å². The van der Waals surface area contributed by atoms with Crippen molar-refractivity contribution in [2.45, 2.75) is 32.2 Å². The molecular weight excluding hydrogens is 388 g/mol. The van der Waals surface area contributed by atoms with Crippen molar-refractivity contribution in [2.75, 3.05) is 19.3 Å². The van der Waals surface area contributed by atoms with E-state index in [-0.39, 0.29) is 23.6 Å². The molecule has 0 saturated heterocycles. The van der Waals surface area contributed by atoms with Crippen LogP contribution in [0.25, 0.3) is 0 Å². The summed E-state index contributed by atoms with van der Waals surface area (Å²) >= 11 is 0. The summed E-state index contributed by atoms with van der Waals surface area (Å²) in [5.41, 5.74) is 2.56. The molecule has 0 spiro atoms. The summed E-state index contributed by atoms with van der Waals surface area (Å²) in [6.07, 6.45) is 1.81. The van der Waals surface area contributed by atoms with Gasteiger partial charge in [0.1, 0.15) is 0 Å². The van der Waals surface area contributed by atoms with Gasteiger partial charge in [-0.05, 0) is 48.9 Å². The van der Waals surface area contributed by atoms with Crippen molar-refractivity contribution in [1.29, 1.82) is 0 Å². The van der Waals surface area contributed by atoms with Crippen molar-refractivity contribution >= 4 is 16.0 Å². The van der Waals surface area contributed by atoms with Crippen molar-refractivity contribution in [3.63, 3.8) is 0 Å². The summed E-state index contributed by atoms with van der Waals surface area (Å²) in [5.74, 6) is -0.740. The Balaban J connectivity index is 2.22. The van der Waals surface area contributed by atoms with Gasteiger partial charge in [0.25, 0.3) is 16.0 Å². The van der Waals surface area contributed by atoms with E-state index in [1.165, 1.54) is 0 Å². The summed E-state index contributed by atoms with van der Waals surface area (Å²) < 4.78 is 32.9. The highest BCUT2D eigenvalue weighted by molar-refractivity contribution is 7.85. The molecule has 2 rings (SSSR count). The van der Waals surface area contributed by atoms with Gasteiger partial charge >= 0.3 is 0 Å². The number of carbonyl (C=O) groups is 1. The average molecular weight is 419 g/mol. The van der Waals surface area contributed by atoms with Crippen molar-refractivity contribution in [2.24, 2.45) is 5.92 Å². The highest BCUT2D eigenvalue weighted by Gasteiger charge is 2.26. The maximum Gasteiger partial charge on any atom is 0.265 e. The molecule has 0 saturated carbocycles. The molecule has 0 aliphatic rings. The SMILES string of the molecule is CCNC(CCc1ccccc1C(=O)NC)C(Cc1ccccc1)CS(=O)(=O)O. The molecule has 29 heavy (non-hydrogen) atoms. The summed E-state index contributed by atoms with van der Waals surface area (Å²) in [5, 5.41) is 6.04. The Labute approximate surface area is 173 Å². The normalized spacial score (nSPS) is 13.6. The van der Waals surface area contributed by atoms with E-state index in [9.17, 15) is 17.8 Å². The van der Waals surface area contributed by atoms with Gasteiger partial charge in [0.15, 0.2) is 0 Å². The molecule has 0 heterocycles. The lowest BCUT2D eigenvalue weighted by Gasteiger charge is -2.28. The van der Waals surface area contributed by atoms with Gasteiger partial charge in [-0.25, -0.2) is 0 Å². The second-order valence-electron chi connectivity index (χ2n) is 7.14. The Morgan fingerprint density at radius 2 is 1.72 bits per heavy atom. The van der Waals surface area contributed by atoms with Crippen LogP contribution in [0.1, 0.15) is 34.8 Å². The predicted octanol–water partition coefficient (Wildman–Crippen LogP) is 2.70. The van der Waals surface area contributed by atoms with Gasteiger partial charge in [0.2, 0.25) is 0 Å². The van der Waals surface area contributed by atoms with E-state index < -0.39 is 10.1 Å². The van der Waals surface area contributed by atoms with Gasteiger partial charge in [0.05, 0.1) is 5.75 Å². The Morgan fingerprint density at radius 3 is 2.34 bits per heavy atom. The van der Waals surface area contributed by atoms with Crippen LogP contribution in [-0.2, 0) is 23.0 Å². The van der Waals surface area contributed by atoms with E-state index >= 15 is 0 Å². The van der Waals surface area contributed by atoms with E-state index in [1.54, 1.807) is 13.1 Å². The zero-order chi connectivity index (χ0) is 21.3. The van der Waals surface area contributed by atoms with Gasteiger partial charge in [0, 0.05) is 18.7 Å². The molecule has 2 unspecified atom stereocenters. The van der Waals surface area contributed by atoms with Gasteiger partial charge < -0.3 is 10.6 Å². The number of nitrogens with one attached hydrogen (secondary N) is 2. The van der Waals surface area contributed by atoms with Crippen LogP contribution in [0.3, 0.4) is 0 Å². The van der Waals surface area contributed by atoms with E-state index in [2.05, 4.69) is 10.6 Å². The van der Waals surface area contributed by atoms with E-state index in [0.29, 0.717) is 31.4 Å². The zero-order valence-electron chi connectivity index (χ0n) is 17.0. The maximum atomic E-state index is 12.1. The van der Waals surface area contributed by atoms with E-state index in [1.807, 2.05) is 55.5 Å². The third kappa shape index (κ3) is 7.61. The van der Waals surface area contributed by atoms with Crippen LogP contribution in [0.15, 0.2) is 54.6 Å². The number of hydrogen-bond acceptors (Lipinski definition) is 4. The number of rotatable bonds is 11. The molecule has 0 bridgehead atoms. The first kappa shape index (κ1) is 23.1. The van der Waals surface area contributed by atoms with E-state index in [0.717, 1.165) is 11.1 Å². The summed E-state index contributed by atoms with van der Waals surface area (Å²) in [4.78, 5) is 12.1. The first-order valence-electron chi connectivity index (χ1n) is 9.86. The van der Waals surface area contributed by atoms with Crippen LogP contribution in [0.4, 0.5) is 0 Å². The van der Waals surface area contributed by atoms with E-state index in [4.69, 9.17) is 0 Å². The minimum Gasteiger partial charge on any atom is -0.355 e. The van der Waals surface area contributed by atoms with Gasteiger partial charge in [-0.15, -0.1) is 0 Å². The van der Waals surface area contributed by atoms with Crippen LogP contribution in [0.5, 0.6) is 0 Å². The monoisotopic (exact) mass is 418 g/mol. The number of amides is 1. The molecule has 2 aromatic carbocycles. The topological polar surface area (TPSA) is 95.5 Å². The van der Waals surface area contributed by atoms with Crippen molar-refractivity contribution in [3.05, 3.63) is 71.3 Å². The average Bonchev–Trinajstić information content (AvgIpc) is 2.70. The fraction of sp³-hybridized carbons (Fsp3) is 0.409. The van der Waals surface area contributed by atoms with Crippen molar-refractivity contribution in [3.8, 4) is 0 Å². The largest absolute Gasteiger partial charge is 0.355 e. The smallest absolute Gasteiger partial charge is 0.265 e. The van der Waals surface area contributed by atoms with Gasteiger partial charge in [-0.2, -0.15) is 8.42 Å². The number of hydrogen-bond donors (Lipinski definition) is 3. The minimum atomic E-state index is -4.12. The molecule has 6 nitrogen and oxygen atoms in total. The number of aryl methyl sites for hydroxylation is 1. The first-order valence-corrected chi connectivity index (χ1v) is 11.5. The second-order valence-corrected chi connectivity index (χ2v) is 8.63. The Bertz CT molecular complexity index is 885. The second kappa shape index (κ2) is 11.1. The van der Waals surface area contributed by atoms with Crippen LogP contribution < -0.4 is 10.6 Å². The molecule has 0 aliphatic heterocycles. The number of benzene rings is 2. The molecule has 2 atom stereocenters. The lowest BCUT2D eigenvalue weighted by atomic mass is 9.89. The summed E-state index contributed by atoms with van der Waals surface area (Å²) in [6, 6.07) is 17.0. The molecule has 158 valence electrons. The molecule has 0 aromatic heterocycles. The lowest BCUT2D eigenvalue weighted by Crippen LogP contribution is -2.41. The van der Waals surface area contributed by atoms with Crippen molar-refractivity contribution in [1.82, 2.24) is 10.6 Å². The summed E-state index contributed by atoms with van der Waals surface area (Å²) in [6.45, 7) is 2.65. The van der Waals surface area contributed by atoms with Crippen LogP contribution >= 0.6 is 0 Å². The molecule has 3 N–H and O–H groups in total. The molecule has 0 fully saturated rings. The highest BCUT2D eigenvalue weighted by Crippen LogP contribution is 2.20. The van der Waals surface area contributed by atoms with Crippen LogP contribution in [0.2, 0.25) is 0 Å². The fourth-order valence-corrected chi connectivity index (χ4v) is 4.57. The predicted molar refractivity (Wildman–Crippen MR) is 116 cm³/mol. The van der Waals surface area contributed by atoms with Crippen LogP contribution in [-0.4, -0.2) is 44.3 Å². The highest BCUT2D eigenvalue weighted by atomic mass is 32.2. The Morgan fingerprint density at radius 1 is 1.07 bits per heavy atom. The lowest BCUT2D eigenvalue weighted by molar-refractivity contribution is 0.0962.